The van der Waals surface area contributed by atoms with Crippen molar-refractivity contribution in [1.82, 2.24) is 0 Å². The molecule has 0 bridgehead atoms. The zero-order valence-corrected chi connectivity index (χ0v) is 7.27. The average Bonchev–Trinajstić information content (AvgIpc) is 1.59. The maximum Gasteiger partial charge on any atom is 0.466 e. The van der Waals surface area contributed by atoms with Crippen LogP contribution in [0.1, 0.15) is 13.8 Å². The van der Waals surface area contributed by atoms with Gasteiger partial charge in [-0.1, -0.05) is 0 Å². The van der Waals surface area contributed by atoms with Crippen molar-refractivity contribution in [3.8, 4) is 0 Å². The van der Waals surface area contributed by atoms with Gasteiger partial charge in [-0.25, -0.2) is 4.57 Å². The first-order valence-electron chi connectivity index (χ1n) is 2.86. The Bertz CT molecular complexity index is 116. The third kappa shape index (κ3) is 39.8. The Morgan fingerprint density at radius 3 is 1.36 bits per heavy atom. The van der Waals surface area contributed by atoms with E-state index in [1.54, 1.807) is 13.8 Å². The number of rotatable bonds is 1. The average molecular weight is 187 g/mol. The molecule has 2 unspecified atom stereocenters. The van der Waals surface area contributed by atoms with E-state index in [2.05, 4.69) is 0 Å². The van der Waals surface area contributed by atoms with Gasteiger partial charge in [0, 0.05) is 6.04 Å². The molecule has 0 fully saturated rings. The van der Waals surface area contributed by atoms with Crippen molar-refractivity contribution in [3.05, 3.63) is 0 Å². The maximum atomic E-state index is 8.88. The summed E-state index contributed by atoms with van der Waals surface area (Å²) >= 11 is 0. The lowest BCUT2D eigenvalue weighted by Gasteiger charge is -2.04. The third-order valence-electron chi connectivity index (χ3n) is 0.761. The molecule has 0 rings (SSSR count). The Morgan fingerprint density at radius 2 is 1.36 bits per heavy atom. The van der Waals surface area contributed by atoms with Gasteiger partial charge < -0.3 is 25.5 Å². The topological polar surface area (TPSA) is 124 Å². The van der Waals surface area contributed by atoms with E-state index in [1.807, 2.05) is 0 Å². The summed E-state index contributed by atoms with van der Waals surface area (Å²) in [4.78, 5) is 21.6. The van der Waals surface area contributed by atoms with Crippen LogP contribution in [-0.2, 0) is 4.57 Å². The summed E-state index contributed by atoms with van der Waals surface area (Å²) in [7, 11) is -4.64. The minimum absolute atomic E-state index is 0.0926. The number of aliphatic hydroxyl groups is 1. The monoisotopic (exact) mass is 187 g/mol. The zero-order chi connectivity index (χ0) is 9.65. The van der Waals surface area contributed by atoms with Crippen molar-refractivity contribution >= 4 is 7.82 Å². The zero-order valence-electron chi connectivity index (χ0n) is 6.38. The Morgan fingerprint density at radius 1 is 1.27 bits per heavy atom. The first-order valence-corrected chi connectivity index (χ1v) is 4.43. The van der Waals surface area contributed by atoms with Crippen LogP contribution in [0.5, 0.6) is 0 Å². The molecule has 2 atom stereocenters. The van der Waals surface area contributed by atoms with Gasteiger partial charge in [0.2, 0.25) is 0 Å². The van der Waals surface area contributed by atoms with Crippen LogP contribution in [0.3, 0.4) is 0 Å². The van der Waals surface area contributed by atoms with Crippen LogP contribution >= 0.6 is 7.82 Å². The number of phosphoric acid groups is 1. The lowest BCUT2D eigenvalue weighted by Crippen LogP contribution is -2.28. The van der Waals surface area contributed by atoms with E-state index in [0.29, 0.717) is 0 Å². The highest BCUT2D eigenvalue weighted by Gasteiger charge is 2.00. The van der Waals surface area contributed by atoms with Gasteiger partial charge in [-0.2, -0.15) is 0 Å². The number of nitrogens with two attached hydrogens (primary N) is 1. The van der Waals surface area contributed by atoms with E-state index in [0.717, 1.165) is 0 Å². The highest BCUT2D eigenvalue weighted by Crippen LogP contribution is 2.25. The standard InChI is InChI=1S/C4H11NO.H3O4P/c1-3(5)4(2)6;1-5(2,3)4/h3-4,6H,5H2,1-2H3;(H3,1,2,3,4). The molecule has 0 saturated carbocycles. The van der Waals surface area contributed by atoms with Crippen LogP contribution in [0.2, 0.25) is 0 Å². The minimum atomic E-state index is -4.64. The van der Waals surface area contributed by atoms with Crippen molar-refractivity contribution in [2.75, 3.05) is 0 Å². The molecular formula is C4H14NO5P. The second-order valence-electron chi connectivity index (χ2n) is 2.11. The summed E-state index contributed by atoms with van der Waals surface area (Å²) in [6.45, 7) is 3.44. The van der Waals surface area contributed by atoms with Crippen LogP contribution < -0.4 is 5.73 Å². The van der Waals surface area contributed by atoms with E-state index >= 15 is 0 Å². The summed E-state index contributed by atoms with van der Waals surface area (Å²) in [5.41, 5.74) is 5.19. The van der Waals surface area contributed by atoms with Gasteiger partial charge in [0.1, 0.15) is 0 Å². The van der Waals surface area contributed by atoms with E-state index in [1.165, 1.54) is 0 Å². The molecule has 0 heterocycles. The first kappa shape index (κ1) is 13.6. The predicted molar refractivity (Wildman–Crippen MR) is 39.6 cm³/mol. The van der Waals surface area contributed by atoms with Crippen molar-refractivity contribution in [2.45, 2.75) is 26.0 Å². The van der Waals surface area contributed by atoms with Crippen LogP contribution in [0, 0.1) is 0 Å². The lowest BCUT2D eigenvalue weighted by atomic mass is 10.2. The molecule has 0 aliphatic rings. The maximum absolute atomic E-state index is 8.88. The van der Waals surface area contributed by atoms with Gasteiger partial charge in [-0.15, -0.1) is 0 Å². The normalized spacial score (nSPS) is 16.3. The summed E-state index contributed by atoms with van der Waals surface area (Å²) in [6, 6.07) is -0.0926. The van der Waals surface area contributed by atoms with E-state index < -0.39 is 7.82 Å². The Kier molecular flexibility index (Phi) is 6.99. The molecule has 70 valence electrons. The van der Waals surface area contributed by atoms with Crippen molar-refractivity contribution in [2.24, 2.45) is 5.73 Å². The fourth-order valence-corrected chi connectivity index (χ4v) is 0. The van der Waals surface area contributed by atoms with Crippen molar-refractivity contribution < 1.29 is 24.4 Å². The van der Waals surface area contributed by atoms with Crippen LogP contribution in [0.15, 0.2) is 0 Å². The molecule has 0 amide bonds. The van der Waals surface area contributed by atoms with E-state index in [4.69, 9.17) is 30.1 Å². The van der Waals surface area contributed by atoms with Crippen molar-refractivity contribution in [1.29, 1.82) is 0 Å². The second-order valence-corrected chi connectivity index (χ2v) is 3.14. The molecule has 0 aliphatic carbocycles. The molecule has 0 radical (unpaired) electrons. The van der Waals surface area contributed by atoms with Crippen LogP contribution in [0.4, 0.5) is 0 Å². The van der Waals surface area contributed by atoms with E-state index in [9.17, 15) is 0 Å². The SMILES string of the molecule is CC(N)C(C)O.O=P(O)(O)O. The molecule has 11 heavy (non-hydrogen) atoms. The van der Waals surface area contributed by atoms with Crippen LogP contribution in [0.25, 0.3) is 0 Å². The van der Waals surface area contributed by atoms with Gasteiger partial charge in [-0.05, 0) is 13.8 Å². The highest BCUT2D eigenvalue weighted by atomic mass is 31.2. The van der Waals surface area contributed by atoms with Gasteiger partial charge in [0.25, 0.3) is 0 Å². The molecule has 0 aromatic carbocycles. The summed E-state index contributed by atoms with van der Waals surface area (Å²) in [5, 5.41) is 8.50. The molecule has 0 aromatic heterocycles. The fraction of sp³-hybridized carbons (Fsp3) is 1.00. The molecular weight excluding hydrogens is 173 g/mol. The lowest BCUT2D eigenvalue weighted by molar-refractivity contribution is 0.170. The Balaban J connectivity index is 0. The highest BCUT2D eigenvalue weighted by molar-refractivity contribution is 7.45. The second kappa shape index (κ2) is 5.65. The summed E-state index contributed by atoms with van der Waals surface area (Å²) in [5.74, 6) is 0. The molecule has 0 aliphatic heterocycles. The third-order valence-corrected chi connectivity index (χ3v) is 0.761. The molecule has 0 aromatic rings. The molecule has 6 nitrogen and oxygen atoms in total. The molecule has 0 spiro atoms. The van der Waals surface area contributed by atoms with Crippen LogP contribution in [-0.4, -0.2) is 31.9 Å². The number of hydrogen-bond acceptors (Lipinski definition) is 3. The van der Waals surface area contributed by atoms with Gasteiger partial charge in [0.05, 0.1) is 6.10 Å². The predicted octanol–water partition coefficient (Wildman–Crippen LogP) is -1.21. The van der Waals surface area contributed by atoms with Gasteiger partial charge in [0.15, 0.2) is 0 Å². The summed E-state index contributed by atoms with van der Waals surface area (Å²) in [6.07, 6.45) is -0.370. The van der Waals surface area contributed by atoms with E-state index in [-0.39, 0.29) is 12.1 Å². The minimum Gasteiger partial charge on any atom is -0.392 e. The molecule has 0 saturated heterocycles. The molecule has 6 N–H and O–H groups in total. The van der Waals surface area contributed by atoms with Gasteiger partial charge >= 0.3 is 7.82 Å². The number of aliphatic hydroxyl groups excluding tert-OH is 1. The largest absolute Gasteiger partial charge is 0.466 e. The number of hydrogen-bond donors (Lipinski definition) is 5. The first-order chi connectivity index (χ1) is 4.64. The van der Waals surface area contributed by atoms with Gasteiger partial charge in [-0.3, -0.25) is 0 Å². The molecule has 7 heteroatoms. The Hall–Kier alpha value is 0.0300. The fourth-order valence-electron chi connectivity index (χ4n) is 0. The summed E-state index contributed by atoms with van der Waals surface area (Å²) < 4.78 is 8.88. The quantitative estimate of drug-likeness (QED) is 0.328. The Labute approximate surface area is 64.9 Å². The van der Waals surface area contributed by atoms with Crippen molar-refractivity contribution in [3.63, 3.8) is 0 Å². The smallest absolute Gasteiger partial charge is 0.392 e.